The summed E-state index contributed by atoms with van der Waals surface area (Å²) in [4.78, 5) is 2.30. The predicted octanol–water partition coefficient (Wildman–Crippen LogP) is 2.43. The minimum Gasteiger partial charge on any atom is -0.396 e. The minimum atomic E-state index is -0.155. The van der Waals surface area contributed by atoms with Gasteiger partial charge in [0.1, 0.15) is 5.82 Å². The molecule has 0 amide bonds. The van der Waals surface area contributed by atoms with Crippen LogP contribution in [0.4, 0.5) is 4.39 Å². The van der Waals surface area contributed by atoms with Gasteiger partial charge in [-0.1, -0.05) is 32.0 Å². The second-order valence-corrected chi connectivity index (χ2v) is 5.24. The van der Waals surface area contributed by atoms with Crippen molar-refractivity contribution in [3.05, 3.63) is 35.6 Å². The van der Waals surface area contributed by atoms with Crippen molar-refractivity contribution in [3.8, 4) is 0 Å². The monoisotopic (exact) mass is 282 g/mol. The third kappa shape index (κ3) is 4.85. The van der Waals surface area contributed by atoms with Crippen molar-refractivity contribution in [3.63, 3.8) is 0 Å². The zero-order chi connectivity index (χ0) is 15.0. The van der Waals surface area contributed by atoms with Gasteiger partial charge in [-0.2, -0.15) is 0 Å². The first-order valence-corrected chi connectivity index (χ1v) is 7.38. The first kappa shape index (κ1) is 17.1. The lowest BCUT2D eigenvalue weighted by molar-refractivity contribution is 0.195. The zero-order valence-corrected chi connectivity index (χ0v) is 12.8. The lowest BCUT2D eigenvalue weighted by Crippen LogP contribution is -2.35. The van der Waals surface area contributed by atoms with Gasteiger partial charge in [0.05, 0.1) is 0 Å². The maximum Gasteiger partial charge on any atom is 0.127 e. The Hall–Kier alpha value is -0.970. The summed E-state index contributed by atoms with van der Waals surface area (Å²) in [6.07, 6.45) is 0.782. The van der Waals surface area contributed by atoms with Crippen LogP contribution in [0.5, 0.6) is 0 Å². The first-order chi connectivity index (χ1) is 9.63. The van der Waals surface area contributed by atoms with E-state index >= 15 is 0 Å². The Morgan fingerprint density at radius 3 is 2.60 bits per heavy atom. The summed E-state index contributed by atoms with van der Waals surface area (Å²) in [7, 11) is 1.87. The number of nitrogens with zero attached hydrogens (tertiary/aromatic N) is 1. The first-order valence-electron chi connectivity index (χ1n) is 7.38. The number of aliphatic hydroxyl groups excluding tert-OH is 1. The fraction of sp³-hybridized carbons (Fsp3) is 0.625. The van der Waals surface area contributed by atoms with Gasteiger partial charge in [0.15, 0.2) is 0 Å². The summed E-state index contributed by atoms with van der Waals surface area (Å²) in [5.41, 5.74) is 0.723. The molecule has 1 aromatic carbocycles. The minimum absolute atomic E-state index is 0.000577. The number of hydrogen-bond donors (Lipinski definition) is 2. The number of benzene rings is 1. The molecule has 1 rings (SSSR count). The van der Waals surface area contributed by atoms with Crippen molar-refractivity contribution >= 4 is 0 Å². The molecule has 0 aromatic heterocycles. The van der Waals surface area contributed by atoms with Gasteiger partial charge in [-0.15, -0.1) is 0 Å². The molecule has 0 spiro atoms. The predicted molar refractivity (Wildman–Crippen MR) is 81.2 cm³/mol. The lowest BCUT2D eigenvalue weighted by Gasteiger charge is -2.30. The summed E-state index contributed by atoms with van der Waals surface area (Å²) in [6.45, 7) is 7.17. The van der Waals surface area contributed by atoms with Crippen molar-refractivity contribution in [1.82, 2.24) is 10.2 Å². The zero-order valence-electron chi connectivity index (χ0n) is 12.8. The van der Waals surface area contributed by atoms with Crippen LogP contribution in [0.1, 0.15) is 31.9 Å². The molecule has 0 bridgehead atoms. The standard InChI is InChI=1S/C16H27FN2O/c1-4-19(10-7-11-20)12-13(2)16(18-3)14-8-5-6-9-15(14)17/h5-6,8-9,13,16,18,20H,4,7,10-12H2,1-3H3. The van der Waals surface area contributed by atoms with Gasteiger partial charge >= 0.3 is 0 Å². The molecule has 2 N–H and O–H groups in total. The van der Waals surface area contributed by atoms with Crippen molar-refractivity contribution in [2.75, 3.05) is 33.3 Å². The maximum atomic E-state index is 13.9. The second-order valence-electron chi connectivity index (χ2n) is 5.24. The molecule has 114 valence electrons. The van der Waals surface area contributed by atoms with Crippen LogP contribution in [0, 0.1) is 11.7 Å². The Morgan fingerprint density at radius 2 is 2.05 bits per heavy atom. The Kier molecular flexibility index (Phi) is 7.73. The molecule has 0 saturated carbocycles. The van der Waals surface area contributed by atoms with Gasteiger partial charge in [-0.25, -0.2) is 4.39 Å². The number of hydrogen-bond acceptors (Lipinski definition) is 3. The summed E-state index contributed by atoms with van der Waals surface area (Å²) in [5.74, 6) is 0.132. The van der Waals surface area contributed by atoms with Crippen LogP contribution < -0.4 is 5.32 Å². The highest BCUT2D eigenvalue weighted by Crippen LogP contribution is 2.24. The average Bonchev–Trinajstić information content (AvgIpc) is 2.46. The summed E-state index contributed by atoms with van der Waals surface area (Å²) in [5, 5.41) is 12.2. The van der Waals surface area contributed by atoms with E-state index in [4.69, 9.17) is 5.11 Å². The summed E-state index contributed by atoms with van der Waals surface area (Å²) >= 11 is 0. The Morgan fingerprint density at radius 1 is 1.35 bits per heavy atom. The highest BCUT2D eigenvalue weighted by atomic mass is 19.1. The third-order valence-corrected chi connectivity index (χ3v) is 3.75. The van der Waals surface area contributed by atoms with E-state index in [1.54, 1.807) is 6.07 Å². The van der Waals surface area contributed by atoms with E-state index in [1.165, 1.54) is 6.07 Å². The van der Waals surface area contributed by atoms with E-state index in [1.807, 2.05) is 19.2 Å². The smallest absolute Gasteiger partial charge is 0.127 e. The molecule has 0 fully saturated rings. The van der Waals surface area contributed by atoms with Crippen LogP contribution in [-0.4, -0.2) is 43.3 Å². The van der Waals surface area contributed by atoms with Gasteiger partial charge in [0, 0.05) is 31.3 Å². The number of aliphatic hydroxyl groups is 1. The Labute approximate surface area is 121 Å². The van der Waals surface area contributed by atoms with Crippen molar-refractivity contribution < 1.29 is 9.50 Å². The van der Waals surface area contributed by atoms with E-state index in [0.717, 1.165) is 31.6 Å². The molecular weight excluding hydrogens is 255 g/mol. The molecule has 20 heavy (non-hydrogen) atoms. The summed E-state index contributed by atoms with van der Waals surface area (Å²) < 4.78 is 13.9. The van der Waals surface area contributed by atoms with Gasteiger partial charge in [0.2, 0.25) is 0 Å². The van der Waals surface area contributed by atoms with Crippen LogP contribution in [0.15, 0.2) is 24.3 Å². The molecule has 0 aliphatic heterocycles. The van der Waals surface area contributed by atoms with Crippen molar-refractivity contribution in [2.24, 2.45) is 5.92 Å². The van der Waals surface area contributed by atoms with Crippen LogP contribution >= 0.6 is 0 Å². The highest BCUT2D eigenvalue weighted by Gasteiger charge is 2.22. The quantitative estimate of drug-likeness (QED) is 0.730. The van der Waals surface area contributed by atoms with Crippen molar-refractivity contribution in [2.45, 2.75) is 26.3 Å². The SMILES string of the molecule is CCN(CCCO)CC(C)C(NC)c1ccccc1F. The average molecular weight is 282 g/mol. The molecule has 0 aliphatic rings. The topological polar surface area (TPSA) is 35.5 Å². The van der Waals surface area contributed by atoms with Crippen LogP contribution in [0.3, 0.4) is 0 Å². The fourth-order valence-electron chi connectivity index (χ4n) is 2.66. The number of rotatable bonds is 9. The van der Waals surface area contributed by atoms with Gasteiger partial charge in [0.25, 0.3) is 0 Å². The van der Waals surface area contributed by atoms with E-state index in [-0.39, 0.29) is 24.4 Å². The van der Waals surface area contributed by atoms with E-state index in [9.17, 15) is 4.39 Å². The van der Waals surface area contributed by atoms with Gasteiger partial charge < -0.3 is 15.3 Å². The summed E-state index contributed by atoms with van der Waals surface area (Å²) in [6, 6.07) is 6.95. The Bertz CT molecular complexity index is 386. The fourth-order valence-corrected chi connectivity index (χ4v) is 2.66. The molecule has 3 nitrogen and oxygen atoms in total. The highest BCUT2D eigenvalue weighted by molar-refractivity contribution is 5.21. The van der Waals surface area contributed by atoms with Crippen LogP contribution in [0.2, 0.25) is 0 Å². The van der Waals surface area contributed by atoms with E-state index in [2.05, 4.69) is 24.1 Å². The van der Waals surface area contributed by atoms with Crippen LogP contribution in [0.25, 0.3) is 0 Å². The molecular formula is C16H27FN2O. The van der Waals surface area contributed by atoms with Crippen molar-refractivity contribution in [1.29, 1.82) is 0 Å². The molecule has 2 unspecified atom stereocenters. The Balaban J connectivity index is 2.71. The molecule has 2 atom stereocenters. The van der Waals surface area contributed by atoms with Gasteiger partial charge in [-0.3, -0.25) is 0 Å². The molecule has 0 aliphatic carbocycles. The molecule has 0 heterocycles. The molecule has 4 heteroatoms. The van der Waals surface area contributed by atoms with E-state index < -0.39 is 0 Å². The third-order valence-electron chi connectivity index (χ3n) is 3.75. The number of nitrogens with one attached hydrogen (secondary N) is 1. The molecule has 0 radical (unpaired) electrons. The van der Waals surface area contributed by atoms with E-state index in [0.29, 0.717) is 0 Å². The maximum absolute atomic E-state index is 13.9. The second kappa shape index (κ2) is 9.06. The van der Waals surface area contributed by atoms with Crippen LogP contribution in [-0.2, 0) is 0 Å². The molecule has 0 saturated heterocycles. The largest absolute Gasteiger partial charge is 0.396 e. The molecule has 1 aromatic rings. The normalized spacial score (nSPS) is 14.5. The number of halogens is 1. The lowest BCUT2D eigenvalue weighted by atomic mass is 9.93. The van der Waals surface area contributed by atoms with Gasteiger partial charge in [-0.05, 0) is 32.0 Å².